The van der Waals surface area contributed by atoms with Crippen LogP contribution in [0.3, 0.4) is 0 Å². The van der Waals surface area contributed by atoms with Gasteiger partial charge in [-0.25, -0.2) is 0 Å². The molecule has 2 aromatic carbocycles. The number of carboxylic acids is 1. The number of anilines is 2. The summed E-state index contributed by atoms with van der Waals surface area (Å²) in [6, 6.07) is 9.91. The maximum absolute atomic E-state index is 14.3. The van der Waals surface area contributed by atoms with E-state index in [0.717, 1.165) is 17.6 Å². The van der Waals surface area contributed by atoms with E-state index >= 15 is 0 Å². The van der Waals surface area contributed by atoms with Gasteiger partial charge in [0.05, 0.1) is 71.0 Å². The van der Waals surface area contributed by atoms with Gasteiger partial charge in [-0.3, -0.25) is 4.79 Å². The Balaban J connectivity index is 0.000000409. The molecular formula is C62H82Cl2NNaO16. The summed E-state index contributed by atoms with van der Waals surface area (Å²) in [6.07, 6.45) is 8.55. The Morgan fingerprint density at radius 3 is 2.29 bits per heavy atom. The van der Waals surface area contributed by atoms with E-state index in [1.54, 1.807) is 70.6 Å². The van der Waals surface area contributed by atoms with Crippen molar-refractivity contribution in [2.24, 2.45) is 23.7 Å². The fourth-order valence-corrected chi connectivity index (χ4v) is 12.7. The molecule has 4 saturated heterocycles. The second kappa shape index (κ2) is 28.7. The number of para-hydroxylation sites is 1. The molecule has 0 saturated carbocycles. The van der Waals surface area contributed by atoms with Gasteiger partial charge < -0.3 is 77.9 Å². The van der Waals surface area contributed by atoms with E-state index in [0.29, 0.717) is 64.7 Å². The van der Waals surface area contributed by atoms with Crippen LogP contribution in [0.25, 0.3) is 0 Å². The molecule has 1 aliphatic carbocycles. The number of carbonyl (C=O) groups is 2. The van der Waals surface area contributed by atoms with Crippen molar-refractivity contribution in [2.45, 2.75) is 198 Å². The molecule has 0 aromatic heterocycles. The van der Waals surface area contributed by atoms with Crippen LogP contribution in [0.1, 0.15) is 110 Å². The van der Waals surface area contributed by atoms with Crippen LogP contribution in [0, 0.1) is 30.6 Å². The van der Waals surface area contributed by atoms with Crippen LogP contribution in [0.15, 0.2) is 95.6 Å². The number of aliphatic hydroxyl groups is 3. The van der Waals surface area contributed by atoms with Gasteiger partial charge in [0, 0.05) is 63.0 Å². The summed E-state index contributed by atoms with van der Waals surface area (Å²) in [5.74, 6) is -3.82. The van der Waals surface area contributed by atoms with Crippen molar-refractivity contribution < 1.29 is 107 Å². The second-order valence-corrected chi connectivity index (χ2v) is 23.8. The summed E-state index contributed by atoms with van der Waals surface area (Å²) in [6.45, 7) is 17.9. The maximum atomic E-state index is 14.3. The number of allylic oxidation sites excluding steroid dienone is 2. The van der Waals surface area contributed by atoms with Gasteiger partial charge in [0.2, 0.25) is 0 Å². The molecule has 2 aromatic rings. The molecule has 7 aliphatic rings. The maximum Gasteiger partial charge on any atom is 1.00 e. The predicted molar refractivity (Wildman–Crippen MR) is 303 cm³/mol. The van der Waals surface area contributed by atoms with Crippen LogP contribution in [0.4, 0.5) is 11.4 Å². The first-order valence-corrected chi connectivity index (χ1v) is 29.1. The van der Waals surface area contributed by atoms with Crippen LogP contribution in [0.2, 0.25) is 10.0 Å². The summed E-state index contributed by atoms with van der Waals surface area (Å²) in [5.41, 5.74) is 1.90. The number of aryl methyl sites for hydroxylation is 1. The third-order valence-corrected chi connectivity index (χ3v) is 18.0. The number of hydrogen-bond acceptors (Lipinski definition) is 17. The van der Waals surface area contributed by atoms with Crippen LogP contribution in [-0.2, 0) is 52.2 Å². The molecule has 20 unspecified atom stereocenters. The van der Waals surface area contributed by atoms with E-state index in [9.17, 15) is 30.0 Å². The molecular weight excluding hydrogens is 1110 g/mol. The number of aromatic carboxylic acids is 1. The Morgan fingerprint density at radius 1 is 0.890 bits per heavy atom. The quantitative estimate of drug-likeness (QED) is 0.119. The number of nitrogens with one attached hydrogen (secondary N) is 1. The number of methoxy groups -OCH3 is 2. The minimum Gasteiger partial charge on any atom is -0.545 e. The number of fused-ring (bicyclic) bond motifs is 2. The molecule has 20 heteroatoms. The minimum atomic E-state index is -1.84. The number of esters is 1. The number of carbonyl (C=O) groups excluding carboxylic acids is 2. The van der Waals surface area contributed by atoms with Crippen LogP contribution >= 0.6 is 23.2 Å². The van der Waals surface area contributed by atoms with E-state index in [1.165, 1.54) is 6.07 Å². The Morgan fingerprint density at radius 2 is 1.59 bits per heavy atom. The largest absolute Gasteiger partial charge is 1.00 e. The molecule has 1 spiro atoms. The zero-order chi connectivity index (χ0) is 58.7. The number of halogens is 2. The molecule has 6 aliphatic heterocycles. The van der Waals surface area contributed by atoms with E-state index in [-0.39, 0.29) is 77.8 Å². The normalized spacial score (nSPS) is 37.9. The summed E-state index contributed by atoms with van der Waals surface area (Å²) >= 11 is 12.2. The van der Waals surface area contributed by atoms with Crippen molar-refractivity contribution in [3.8, 4) is 0 Å². The number of benzene rings is 2. The number of rotatable bonds is 11. The fraction of sp³-hybridized carbons (Fsp3) is 0.613. The Bertz CT molecular complexity index is 2700. The predicted octanol–water partition coefficient (Wildman–Crippen LogP) is 5.79. The van der Waals surface area contributed by atoms with Crippen LogP contribution in [0.5, 0.6) is 0 Å². The van der Waals surface area contributed by atoms with Gasteiger partial charge in [0.1, 0.15) is 42.0 Å². The standard InChI is InChI=1S/C48H72O14.C14H11Cl2NO2.Na/c1-11-25(2)43-28(5)17-18-47(62-43)23-34-20-33(61-47)16-15-27(4)42(26(3)13-12-14-32-24-55-45-40(49)29(6)19-35(46(51)58-34)48(32,45)52)59-39-22-37(54-10)44(31(8)57-39)60-38-21-36(53-9)41(50)30(7)56-38;1-8-6-7-10(15)13(12(8)16)17-11-5-3-2-4-9(11)14(18)19;/h12-15,17-19,25-26,28,30-31,33-45,49-50,52H,11,16,20-24H2,1-10H3;2-7,17H,1H3,(H,18,19);/q;;+1/p-1. The smallest absolute Gasteiger partial charge is 0.545 e. The molecule has 4 N–H and O–H groups in total. The topological polar surface area (TPSA) is 222 Å². The minimum absolute atomic E-state index is 0. The monoisotopic (exact) mass is 1190 g/mol. The third-order valence-electron chi connectivity index (χ3n) is 17.2. The van der Waals surface area contributed by atoms with Gasteiger partial charge in [-0.1, -0.05) is 118 Å². The molecule has 0 amide bonds. The Hall–Kier alpha value is -3.02. The molecule has 2 bridgehead atoms. The van der Waals surface area contributed by atoms with Crippen molar-refractivity contribution in [1.29, 1.82) is 0 Å². The van der Waals surface area contributed by atoms with Crippen molar-refractivity contribution >= 4 is 46.5 Å². The first kappa shape index (κ1) is 66.5. The molecule has 4 fully saturated rings. The SMILES string of the molecule is CCC(C)C1OC2(C=CC1C)CC1CC(CC=C(C)C(OC3CC(OC)C(OC4CC(OC)C(O)C(C)O4)C(C)O3)C(C)C=CC=C3COC4C(O)C(C)=CC(C(=O)O1)C34O)O2.Cc1ccc(Cl)c(Nc2ccccc2C(=O)[O-])c1Cl.[Na+]. The number of carboxylic acid groups (broad SMARTS) is 1. The van der Waals surface area contributed by atoms with Crippen molar-refractivity contribution in [1.82, 2.24) is 0 Å². The van der Waals surface area contributed by atoms with Crippen LogP contribution in [-0.4, -0.2) is 145 Å². The number of ether oxygens (including phenoxy) is 10. The summed E-state index contributed by atoms with van der Waals surface area (Å²) in [4.78, 5) is 25.4. The third kappa shape index (κ3) is 14.7. The van der Waals surface area contributed by atoms with E-state index in [2.05, 4.69) is 45.2 Å². The van der Waals surface area contributed by atoms with Gasteiger partial charge in [-0.05, 0) is 87.4 Å². The van der Waals surface area contributed by atoms with Crippen molar-refractivity contribution in [2.75, 3.05) is 26.1 Å². The number of hydrogen-bond donors (Lipinski definition) is 4. The summed E-state index contributed by atoms with van der Waals surface area (Å²) < 4.78 is 63.7. The van der Waals surface area contributed by atoms with Gasteiger partial charge in [-0.15, -0.1) is 0 Å². The molecule has 0 radical (unpaired) electrons. The zero-order valence-electron chi connectivity index (χ0n) is 49.3. The van der Waals surface area contributed by atoms with Gasteiger partial charge in [0.25, 0.3) is 0 Å². The molecule has 6 heterocycles. The molecule has 20 atom stereocenters. The second-order valence-electron chi connectivity index (χ2n) is 23.0. The Kier molecular flexibility index (Phi) is 23.2. The number of aliphatic hydroxyl groups excluding tert-OH is 2. The first-order chi connectivity index (χ1) is 38.5. The average molecular weight is 1190 g/mol. The first-order valence-electron chi connectivity index (χ1n) is 28.4. The van der Waals surface area contributed by atoms with Crippen molar-refractivity contribution in [3.63, 3.8) is 0 Å². The van der Waals surface area contributed by atoms with E-state index in [1.807, 2.05) is 39.0 Å². The van der Waals surface area contributed by atoms with Crippen molar-refractivity contribution in [3.05, 3.63) is 117 Å². The van der Waals surface area contributed by atoms with Gasteiger partial charge in [0.15, 0.2) is 18.4 Å². The van der Waals surface area contributed by atoms with Gasteiger partial charge in [-0.2, -0.15) is 0 Å². The Labute approximate surface area is 514 Å². The van der Waals surface area contributed by atoms with Gasteiger partial charge >= 0.3 is 35.5 Å². The molecule has 446 valence electrons. The molecule has 82 heavy (non-hydrogen) atoms. The summed E-state index contributed by atoms with van der Waals surface area (Å²) in [5, 5.41) is 49.1. The van der Waals surface area contributed by atoms with E-state index in [4.69, 9.17) is 70.6 Å². The molecule has 17 nitrogen and oxygen atoms in total. The summed E-state index contributed by atoms with van der Waals surface area (Å²) in [7, 11) is 3.22. The fourth-order valence-electron chi connectivity index (χ4n) is 12.2. The molecule has 9 rings (SSSR count). The van der Waals surface area contributed by atoms with Crippen LogP contribution < -0.4 is 40.0 Å². The average Bonchev–Trinajstić information content (AvgIpc) is 2.22. The van der Waals surface area contributed by atoms with E-state index < -0.39 is 96.8 Å². The zero-order valence-corrected chi connectivity index (χ0v) is 52.8.